The van der Waals surface area contributed by atoms with Crippen molar-refractivity contribution in [2.75, 3.05) is 39.4 Å². The number of rotatable bonds is 6. The first-order valence-electron chi connectivity index (χ1n) is 8.17. The minimum absolute atomic E-state index is 0.0130. The van der Waals surface area contributed by atoms with E-state index >= 15 is 0 Å². The van der Waals surface area contributed by atoms with Gasteiger partial charge in [0.15, 0.2) is 0 Å². The van der Waals surface area contributed by atoms with E-state index in [0.29, 0.717) is 18.9 Å². The molecule has 24 heavy (non-hydrogen) atoms. The number of aryl methyl sites for hydroxylation is 1. The first kappa shape index (κ1) is 16.6. The summed E-state index contributed by atoms with van der Waals surface area (Å²) >= 11 is 0. The van der Waals surface area contributed by atoms with Crippen LogP contribution >= 0.6 is 0 Å². The van der Waals surface area contributed by atoms with Gasteiger partial charge in [0, 0.05) is 26.2 Å². The molecule has 1 fully saturated rings. The van der Waals surface area contributed by atoms with Crippen molar-refractivity contribution in [2.24, 2.45) is 0 Å². The lowest BCUT2D eigenvalue weighted by atomic mass is 10.1. The Morgan fingerprint density at radius 2 is 1.96 bits per heavy atom. The van der Waals surface area contributed by atoms with Crippen molar-refractivity contribution < 1.29 is 13.9 Å². The van der Waals surface area contributed by atoms with Crippen LogP contribution in [0.15, 0.2) is 28.7 Å². The van der Waals surface area contributed by atoms with Gasteiger partial charge in [0.2, 0.25) is 5.89 Å². The fraction of sp³-hybridized carbons (Fsp3) is 0.471. The molecule has 0 spiro atoms. The largest absolute Gasteiger partial charge is 0.417 e. The van der Waals surface area contributed by atoms with E-state index in [0.717, 1.165) is 38.4 Å². The number of nitrogens with zero attached hydrogens (tertiary/aromatic N) is 3. The molecule has 3 rings (SSSR count). The van der Waals surface area contributed by atoms with Gasteiger partial charge in [-0.15, -0.1) is 10.2 Å². The van der Waals surface area contributed by atoms with Crippen LogP contribution in [0.1, 0.15) is 27.7 Å². The van der Waals surface area contributed by atoms with Crippen molar-refractivity contribution in [3.05, 3.63) is 47.2 Å². The predicted octanol–water partition coefficient (Wildman–Crippen LogP) is 1.03. The van der Waals surface area contributed by atoms with Gasteiger partial charge in [0.25, 0.3) is 0 Å². The van der Waals surface area contributed by atoms with E-state index in [2.05, 4.69) is 20.4 Å². The van der Waals surface area contributed by atoms with Crippen molar-refractivity contribution in [3.8, 4) is 0 Å². The molecule has 2 heterocycles. The second-order valence-electron chi connectivity index (χ2n) is 5.87. The van der Waals surface area contributed by atoms with Crippen molar-refractivity contribution in [2.45, 2.75) is 13.3 Å². The number of amides is 1. The van der Waals surface area contributed by atoms with Crippen molar-refractivity contribution in [1.82, 2.24) is 20.4 Å². The summed E-state index contributed by atoms with van der Waals surface area (Å²) < 4.78 is 10.7. The summed E-state index contributed by atoms with van der Waals surface area (Å²) in [7, 11) is 0. The second kappa shape index (κ2) is 8.03. The van der Waals surface area contributed by atoms with Gasteiger partial charge in [-0.1, -0.05) is 29.8 Å². The average Bonchev–Trinajstić information content (AvgIpc) is 3.06. The first-order chi connectivity index (χ1) is 11.7. The Morgan fingerprint density at radius 3 is 2.71 bits per heavy atom. The van der Waals surface area contributed by atoms with Crippen LogP contribution in [0.3, 0.4) is 0 Å². The third-order valence-corrected chi connectivity index (χ3v) is 3.95. The number of ether oxygens (including phenoxy) is 1. The molecule has 0 radical (unpaired) electrons. The zero-order valence-corrected chi connectivity index (χ0v) is 13.8. The number of hydrogen-bond donors (Lipinski definition) is 1. The topological polar surface area (TPSA) is 80.5 Å². The van der Waals surface area contributed by atoms with Crippen molar-refractivity contribution >= 4 is 5.91 Å². The van der Waals surface area contributed by atoms with E-state index in [1.807, 2.05) is 31.2 Å². The molecule has 0 aliphatic carbocycles. The molecule has 0 bridgehead atoms. The minimum Gasteiger partial charge on any atom is -0.417 e. The molecule has 128 valence electrons. The summed E-state index contributed by atoms with van der Waals surface area (Å²) in [5.41, 5.74) is 2.27. The molecule has 1 aliphatic rings. The van der Waals surface area contributed by atoms with Gasteiger partial charge in [-0.2, -0.15) is 0 Å². The highest BCUT2D eigenvalue weighted by Crippen LogP contribution is 2.10. The van der Waals surface area contributed by atoms with E-state index in [9.17, 15) is 4.79 Å². The molecule has 0 saturated carbocycles. The summed E-state index contributed by atoms with van der Waals surface area (Å²) in [6.45, 7) is 6.68. The van der Waals surface area contributed by atoms with E-state index in [4.69, 9.17) is 9.15 Å². The van der Waals surface area contributed by atoms with Crippen LogP contribution in [0.5, 0.6) is 0 Å². The summed E-state index contributed by atoms with van der Waals surface area (Å²) in [6, 6.07) is 8.10. The normalized spacial score (nSPS) is 15.4. The second-order valence-corrected chi connectivity index (χ2v) is 5.87. The number of benzene rings is 1. The van der Waals surface area contributed by atoms with Gasteiger partial charge >= 0.3 is 11.8 Å². The van der Waals surface area contributed by atoms with Crippen LogP contribution in [-0.2, 0) is 11.2 Å². The molecule has 1 amide bonds. The highest BCUT2D eigenvalue weighted by atomic mass is 16.5. The van der Waals surface area contributed by atoms with Gasteiger partial charge in [0.1, 0.15) is 0 Å². The summed E-state index contributed by atoms with van der Waals surface area (Å²) in [6.07, 6.45) is 0.522. The molecule has 1 N–H and O–H groups in total. The Hall–Kier alpha value is -2.25. The molecule has 2 aromatic rings. The number of hydrogen-bond acceptors (Lipinski definition) is 6. The maximum Gasteiger partial charge on any atom is 0.308 e. The standard InChI is InChI=1S/C17H22N4O3/c1-13-2-4-14(5-3-13)12-15-19-20-17(24-15)16(22)18-6-7-21-8-10-23-11-9-21/h2-5H,6-12H2,1H3,(H,18,22). The fourth-order valence-electron chi connectivity index (χ4n) is 2.53. The number of carbonyl (C=O) groups excluding carboxylic acids is 1. The molecule has 0 atom stereocenters. The third kappa shape index (κ3) is 4.62. The highest BCUT2D eigenvalue weighted by molar-refractivity contribution is 5.89. The monoisotopic (exact) mass is 330 g/mol. The van der Waals surface area contributed by atoms with Crippen molar-refractivity contribution in [3.63, 3.8) is 0 Å². The van der Waals surface area contributed by atoms with Crippen LogP contribution in [0.25, 0.3) is 0 Å². The van der Waals surface area contributed by atoms with Gasteiger partial charge in [0.05, 0.1) is 19.6 Å². The molecular formula is C17H22N4O3. The number of morpholine rings is 1. The Labute approximate surface area is 141 Å². The lowest BCUT2D eigenvalue weighted by molar-refractivity contribution is 0.0382. The Balaban J connectivity index is 1.47. The SMILES string of the molecule is Cc1ccc(Cc2nnc(C(=O)NCCN3CCOCC3)o2)cc1. The van der Waals surface area contributed by atoms with Crippen molar-refractivity contribution in [1.29, 1.82) is 0 Å². The molecule has 1 aliphatic heterocycles. The summed E-state index contributed by atoms with van der Waals surface area (Å²) in [5, 5.41) is 10.6. The third-order valence-electron chi connectivity index (χ3n) is 3.95. The highest BCUT2D eigenvalue weighted by Gasteiger charge is 2.16. The maximum absolute atomic E-state index is 12.0. The minimum atomic E-state index is -0.328. The molecule has 1 saturated heterocycles. The van der Waals surface area contributed by atoms with Crippen LogP contribution in [0.4, 0.5) is 0 Å². The van der Waals surface area contributed by atoms with Gasteiger partial charge in [-0.05, 0) is 12.5 Å². The Kier molecular flexibility index (Phi) is 5.55. The Morgan fingerprint density at radius 1 is 1.21 bits per heavy atom. The van der Waals surface area contributed by atoms with E-state index in [1.165, 1.54) is 5.56 Å². The molecular weight excluding hydrogens is 308 g/mol. The number of aromatic nitrogens is 2. The maximum atomic E-state index is 12.0. The van der Waals surface area contributed by atoms with Crippen LogP contribution in [-0.4, -0.2) is 60.4 Å². The van der Waals surface area contributed by atoms with Crippen LogP contribution in [0, 0.1) is 6.92 Å². The molecule has 1 aromatic carbocycles. The lowest BCUT2D eigenvalue weighted by Crippen LogP contribution is -2.41. The average molecular weight is 330 g/mol. The summed E-state index contributed by atoms with van der Waals surface area (Å²) in [5.74, 6) is 0.127. The quantitative estimate of drug-likeness (QED) is 0.852. The van der Waals surface area contributed by atoms with Gasteiger partial charge < -0.3 is 14.5 Å². The molecule has 7 nitrogen and oxygen atoms in total. The number of nitrogens with one attached hydrogen (secondary N) is 1. The van der Waals surface area contributed by atoms with Crippen LogP contribution < -0.4 is 5.32 Å². The van der Waals surface area contributed by atoms with Crippen LogP contribution in [0.2, 0.25) is 0 Å². The first-order valence-corrected chi connectivity index (χ1v) is 8.17. The number of carbonyl (C=O) groups is 1. The smallest absolute Gasteiger partial charge is 0.308 e. The fourth-order valence-corrected chi connectivity index (χ4v) is 2.53. The molecule has 0 unspecified atom stereocenters. The molecule has 1 aromatic heterocycles. The van der Waals surface area contributed by atoms with Gasteiger partial charge in [-0.25, -0.2) is 0 Å². The van der Waals surface area contributed by atoms with E-state index < -0.39 is 0 Å². The van der Waals surface area contributed by atoms with E-state index in [-0.39, 0.29) is 11.8 Å². The molecule has 7 heteroatoms. The van der Waals surface area contributed by atoms with Gasteiger partial charge in [-0.3, -0.25) is 9.69 Å². The van der Waals surface area contributed by atoms with E-state index in [1.54, 1.807) is 0 Å². The summed E-state index contributed by atoms with van der Waals surface area (Å²) in [4.78, 5) is 14.3. The zero-order chi connectivity index (χ0) is 16.8. The predicted molar refractivity (Wildman–Crippen MR) is 87.9 cm³/mol. The Bertz CT molecular complexity index is 663. The zero-order valence-electron chi connectivity index (χ0n) is 13.8. The lowest BCUT2D eigenvalue weighted by Gasteiger charge is -2.26.